The van der Waals surface area contributed by atoms with Gasteiger partial charge >= 0.3 is 12.2 Å². The Bertz CT molecular complexity index is 1340. The largest absolute Gasteiger partial charge is 0.405 e. The molecular weight excluding hydrogens is 505 g/mol. The predicted octanol–water partition coefficient (Wildman–Crippen LogP) is 2.55. The SMILES string of the molecule is CC(O)CNC(=O)C(C)N/C=C(\C=N)c1cnn2c(-c3cccc(NC(=O)NCC(F)(F)F)c3)cnc2c1. The van der Waals surface area contributed by atoms with Gasteiger partial charge in [0.05, 0.1) is 24.2 Å². The van der Waals surface area contributed by atoms with Crippen LogP contribution in [-0.2, 0) is 4.79 Å². The third-order valence-electron chi connectivity index (χ3n) is 5.17. The monoisotopic (exact) mass is 532 g/mol. The number of carbonyl (C=O) groups excluding carboxylic acids is 2. The normalized spacial score (nSPS) is 13.5. The first-order valence-electron chi connectivity index (χ1n) is 11.5. The predicted molar refractivity (Wildman–Crippen MR) is 136 cm³/mol. The molecule has 0 radical (unpaired) electrons. The van der Waals surface area contributed by atoms with Crippen LogP contribution in [0, 0.1) is 5.41 Å². The van der Waals surface area contributed by atoms with Crippen molar-refractivity contribution in [1.29, 1.82) is 5.41 Å². The van der Waals surface area contributed by atoms with Crippen LogP contribution in [0.15, 0.2) is 48.9 Å². The second-order valence-corrected chi connectivity index (χ2v) is 8.39. The highest BCUT2D eigenvalue weighted by Gasteiger charge is 2.27. The van der Waals surface area contributed by atoms with Gasteiger partial charge in [-0.25, -0.2) is 14.3 Å². The molecule has 6 N–H and O–H groups in total. The van der Waals surface area contributed by atoms with Crippen molar-refractivity contribution < 1.29 is 27.9 Å². The summed E-state index contributed by atoms with van der Waals surface area (Å²) < 4.78 is 38.5. The average molecular weight is 533 g/mol. The van der Waals surface area contributed by atoms with Crippen molar-refractivity contribution in [2.24, 2.45) is 0 Å². The highest BCUT2D eigenvalue weighted by Crippen LogP contribution is 2.24. The van der Waals surface area contributed by atoms with Crippen molar-refractivity contribution in [3.8, 4) is 11.3 Å². The van der Waals surface area contributed by atoms with Crippen molar-refractivity contribution in [3.05, 3.63) is 54.5 Å². The molecule has 38 heavy (non-hydrogen) atoms. The molecule has 3 amide bonds. The number of aliphatic hydroxyl groups excluding tert-OH is 1. The lowest BCUT2D eigenvalue weighted by Crippen LogP contribution is -2.42. The number of urea groups is 1. The van der Waals surface area contributed by atoms with E-state index in [9.17, 15) is 27.9 Å². The van der Waals surface area contributed by atoms with Gasteiger partial charge in [-0.1, -0.05) is 12.1 Å². The Hall–Kier alpha value is -4.46. The molecule has 2 aromatic heterocycles. The van der Waals surface area contributed by atoms with Gasteiger partial charge in [-0.2, -0.15) is 18.3 Å². The zero-order valence-electron chi connectivity index (χ0n) is 20.5. The van der Waals surface area contributed by atoms with Gasteiger partial charge in [0, 0.05) is 41.3 Å². The number of benzene rings is 1. The van der Waals surface area contributed by atoms with Gasteiger partial charge in [-0.05, 0) is 32.0 Å². The van der Waals surface area contributed by atoms with Crippen LogP contribution in [0.5, 0.6) is 0 Å². The number of fused-ring (bicyclic) bond motifs is 1. The molecule has 0 aliphatic heterocycles. The Morgan fingerprint density at radius 3 is 2.63 bits per heavy atom. The second-order valence-electron chi connectivity index (χ2n) is 8.39. The fraction of sp³-hybridized carbons (Fsp3) is 0.292. The van der Waals surface area contributed by atoms with Gasteiger partial charge in [0.25, 0.3) is 0 Å². The van der Waals surface area contributed by atoms with Crippen molar-refractivity contribution in [2.45, 2.75) is 32.2 Å². The number of rotatable bonds is 10. The maximum absolute atomic E-state index is 12.3. The number of anilines is 1. The fourth-order valence-electron chi connectivity index (χ4n) is 3.24. The molecule has 0 aliphatic carbocycles. The summed E-state index contributed by atoms with van der Waals surface area (Å²) >= 11 is 0. The summed E-state index contributed by atoms with van der Waals surface area (Å²) in [6.07, 6.45) is 0.490. The van der Waals surface area contributed by atoms with Gasteiger partial charge in [0.1, 0.15) is 12.6 Å². The minimum atomic E-state index is -4.52. The van der Waals surface area contributed by atoms with E-state index >= 15 is 0 Å². The average Bonchev–Trinajstić information content (AvgIpc) is 3.29. The lowest BCUT2D eigenvalue weighted by atomic mass is 10.1. The number of aliphatic hydroxyl groups is 1. The van der Waals surface area contributed by atoms with Crippen LogP contribution >= 0.6 is 0 Å². The fourth-order valence-corrected chi connectivity index (χ4v) is 3.24. The molecule has 3 aromatic rings. The number of hydrogen-bond acceptors (Lipinski definition) is 7. The van der Waals surface area contributed by atoms with E-state index in [1.807, 2.05) is 0 Å². The molecular formula is C24H27F3N8O3. The van der Waals surface area contributed by atoms with Gasteiger partial charge in [0.15, 0.2) is 5.65 Å². The number of aromatic nitrogens is 3. The third kappa shape index (κ3) is 7.77. The maximum Gasteiger partial charge on any atom is 0.405 e. The topological polar surface area (TPSA) is 157 Å². The van der Waals surface area contributed by atoms with E-state index < -0.39 is 30.9 Å². The van der Waals surface area contributed by atoms with Crippen LogP contribution in [0.1, 0.15) is 19.4 Å². The number of imidazole rings is 1. The van der Waals surface area contributed by atoms with Crippen LogP contribution < -0.4 is 21.3 Å². The van der Waals surface area contributed by atoms with E-state index in [0.29, 0.717) is 28.0 Å². The first-order valence-corrected chi connectivity index (χ1v) is 11.5. The molecule has 1 aromatic carbocycles. The molecule has 0 bridgehead atoms. The van der Waals surface area contributed by atoms with Crippen LogP contribution in [0.4, 0.5) is 23.7 Å². The maximum atomic E-state index is 12.3. The number of alkyl halides is 3. The van der Waals surface area contributed by atoms with Crippen LogP contribution in [0.2, 0.25) is 0 Å². The molecule has 0 spiro atoms. The van der Waals surface area contributed by atoms with Crippen molar-refractivity contribution in [2.75, 3.05) is 18.4 Å². The summed E-state index contributed by atoms with van der Waals surface area (Å²) in [6, 6.07) is 6.55. The zero-order chi connectivity index (χ0) is 27.9. The molecule has 2 heterocycles. The van der Waals surface area contributed by atoms with E-state index in [0.717, 1.165) is 6.21 Å². The molecule has 14 heteroatoms. The van der Waals surface area contributed by atoms with Crippen LogP contribution in [0.3, 0.4) is 0 Å². The second kappa shape index (κ2) is 12.2. The Kier molecular flexibility index (Phi) is 9.02. The van der Waals surface area contributed by atoms with E-state index in [-0.39, 0.29) is 18.1 Å². The number of allylic oxidation sites excluding steroid dienone is 1. The van der Waals surface area contributed by atoms with Gasteiger partial charge < -0.3 is 31.8 Å². The van der Waals surface area contributed by atoms with Gasteiger partial charge in [-0.15, -0.1) is 0 Å². The Morgan fingerprint density at radius 1 is 1.18 bits per heavy atom. The summed E-state index contributed by atoms with van der Waals surface area (Å²) in [4.78, 5) is 28.2. The van der Waals surface area contributed by atoms with E-state index in [1.54, 1.807) is 49.6 Å². The summed E-state index contributed by atoms with van der Waals surface area (Å²) in [5.41, 5.74) is 2.90. The van der Waals surface area contributed by atoms with E-state index in [2.05, 4.69) is 26.0 Å². The number of nitrogens with zero attached hydrogens (tertiary/aromatic N) is 3. The van der Waals surface area contributed by atoms with Crippen LogP contribution in [-0.4, -0.2) is 69.3 Å². The molecule has 11 nitrogen and oxygen atoms in total. The molecule has 0 fully saturated rings. The summed E-state index contributed by atoms with van der Waals surface area (Å²) in [6.45, 7) is 1.87. The minimum absolute atomic E-state index is 0.124. The lowest BCUT2D eigenvalue weighted by molar-refractivity contribution is -0.123. The van der Waals surface area contributed by atoms with E-state index in [1.165, 1.54) is 23.0 Å². The lowest BCUT2D eigenvalue weighted by Gasteiger charge is -2.14. The zero-order valence-corrected chi connectivity index (χ0v) is 20.5. The summed E-state index contributed by atoms with van der Waals surface area (Å²) in [7, 11) is 0. The quantitative estimate of drug-likeness (QED) is 0.220. The summed E-state index contributed by atoms with van der Waals surface area (Å²) in [5.74, 6) is -0.312. The molecule has 202 valence electrons. The standard InChI is InChI=1S/C24H27F3N8O3/c1-14(36)9-31-22(37)15(2)29-10-18(8-28)17-7-21-30-12-20(35(21)33-11-17)16-4-3-5-19(6-16)34-23(38)32-13-24(25,26)27/h3-8,10-12,14-15,28-29,36H,9,13H2,1-2H3,(H,31,37)(H2,32,34,38)/b18-10+,28-8?. The third-order valence-corrected chi connectivity index (χ3v) is 5.17. The Labute approximate surface area is 215 Å². The van der Waals surface area contributed by atoms with Crippen LogP contribution in [0.25, 0.3) is 22.5 Å². The van der Waals surface area contributed by atoms with Gasteiger partial charge in [0.2, 0.25) is 5.91 Å². The Morgan fingerprint density at radius 2 is 1.95 bits per heavy atom. The molecule has 2 atom stereocenters. The minimum Gasteiger partial charge on any atom is -0.392 e. The number of hydrogen-bond donors (Lipinski definition) is 6. The molecule has 2 unspecified atom stereocenters. The number of halogens is 3. The number of nitrogens with one attached hydrogen (secondary N) is 5. The smallest absolute Gasteiger partial charge is 0.392 e. The van der Waals surface area contributed by atoms with Crippen molar-refractivity contribution in [3.63, 3.8) is 0 Å². The van der Waals surface area contributed by atoms with E-state index in [4.69, 9.17) is 5.41 Å². The number of carbonyl (C=O) groups is 2. The molecule has 0 saturated heterocycles. The number of amides is 3. The molecule has 0 saturated carbocycles. The first-order chi connectivity index (χ1) is 18.0. The molecule has 3 rings (SSSR count). The summed E-state index contributed by atoms with van der Waals surface area (Å²) in [5, 5.41) is 31.1. The van der Waals surface area contributed by atoms with Gasteiger partial charge in [-0.3, -0.25) is 4.79 Å². The Balaban J connectivity index is 1.75. The highest BCUT2D eigenvalue weighted by atomic mass is 19.4. The highest BCUT2D eigenvalue weighted by molar-refractivity contribution is 6.08. The van der Waals surface area contributed by atoms with Crippen molar-refractivity contribution in [1.82, 2.24) is 30.5 Å². The first kappa shape index (κ1) is 28.1. The molecule has 0 aliphatic rings. The van der Waals surface area contributed by atoms with Crippen molar-refractivity contribution >= 4 is 35.1 Å².